The molecule has 0 aliphatic carbocycles. The van der Waals surface area contributed by atoms with Crippen molar-refractivity contribution in [3.63, 3.8) is 0 Å². The fourth-order valence-electron chi connectivity index (χ4n) is 3.08. The molecule has 5 nitrogen and oxygen atoms in total. The molecule has 0 atom stereocenters. The number of ether oxygens (including phenoxy) is 1. The molecule has 1 saturated heterocycles. The Kier molecular flexibility index (Phi) is 4.42. The maximum atomic E-state index is 13.0. The van der Waals surface area contributed by atoms with Crippen LogP contribution in [0.4, 0.5) is 5.69 Å². The minimum Gasteiger partial charge on any atom is -0.378 e. The van der Waals surface area contributed by atoms with Crippen molar-refractivity contribution in [1.82, 2.24) is 5.01 Å². The summed E-state index contributed by atoms with van der Waals surface area (Å²) >= 11 is 5.95. The average Bonchev–Trinajstić information content (AvgIpc) is 2.90. The van der Waals surface area contributed by atoms with Crippen LogP contribution in [-0.2, 0) is 16.1 Å². The zero-order valence-electron chi connectivity index (χ0n) is 13.7. The van der Waals surface area contributed by atoms with Crippen molar-refractivity contribution >= 4 is 28.9 Å². The zero-order chi connectivity index (χ0) is 17.2. The number of hydrogen-bond acceptors (Lipinski definition) is 4. The van der Waals surface area contributed by atoms with E-state index in [9.17, 15) is 4.79 Å². The molecule has 0 unspecified atom stereocenters. The lowest BCUT2D eigenvalue weighted by atomic mass is 10.1. The van der Waals surface area contributed by atoms with Crippen molar-refractivity contribution in [2.75, 3.05) is 31.2 Å². The number of halogens is 1. The minimum absolute atomic E-state index is 0.0670. The Morgan fingerprint density at radius 2 is 1.76 bits per heavy atom. The van der Waals surface area contributed by atoms with Crippen molar-refractivity contribution in [3.05, 3.63) is 64.7 Å². The van der Waals surface area contributed by atoms with Gasteiger partial charge >= 0.3 is 0 Å². The SMILES string of the molecule is O=C1C(=NN2CCOCC2)c2ccccc2N1Cc1ccc(Cl)cc1. The summed E-state index contributed by atoms with van der Waals surface area (Å²) in [5.74, 6) is -0.0670. The molecule has 4 rings (SSSR count). The molecule has 2 aliphatic heterocycles. The molecule has 0 radical (unpaired) electrons. The van der Waals surface area contributed by atoms with Crippen LogP contribution in [0.1, 0.15) is 11.1 Å². The number of carbonyl (C=O) groups excluding carboxylic acids is 1. The van der Waals surface area contributed by atoms with E-state index in [-0.39, 0.29) is 5.91 Å². The lowest BCUT2D eigenvalue weighted by molar-refractivity contribution is -0.112. The van der Waals surface area contributed by atoms with Crippen LogP contribution in [0.25, 0.3) is 0 Å². The third kappa shape index (κ3) is 3.25. The topological polar surface area (TPSA) is 45.1 Å². The predicted molar refractivity (Wildman–Crippen MR) is 98.0 cm³/mol. The quantitative estimate of drug-likeness (QED) is 0.850. The molecule has 0 spiro atoms. The van der Waals surface area contributed by atoms with Gasteiger partial charge in [0.05, 0.1) is 38.5 Å². The van der Waals surface area contributed by atoms with Gasteiger partial charge in [-0.15, -0.1) is 0 Å². The zero-order valence-corrected chi connectivity index (χ0v) is 14.4. The number of amides is 1. The predicted octanol–water partition coefficient (Wildman–Crippen LogP) is 2.92. The van der Waals surface area contributed by atoms with Crippen molar-refractivity contribution < 1.29 is 9.53 Å². The van der Waals surface area contributed by atoms with Gasteiger partial charge < -0.3 is 9.64 Å². The number of para-hydroxylation sites is 1. The number of hydrogen-bond donors (Lipinski definition) is 0. The van der Waals surface area contributed by atoms with Crippen LogP contribution in [0.2, 0.25) is 5.02 Å². The molecular formula is C19H18ClN3O2. The second kappa shape index (κ2) is 6.86. The van der Waals surface area contributed by atoms with Crippen LogP contribution in [0.3, 0.4) is 0 Å². The lowest BCUT2D eigenvalue weighted by Gasteiger charge is -2.24. The van der Waals surface area contributed by atoms with Crippen molar-refractivity contribution in [1.29, 1.82) is 0 Å². The first-order valence-electron chi connectivity index (χ1n) is 8.29. The van der Waals surface area contributed by atoms with E-state index in [0.717, 1.165) is 16.8 Å². The Hall–Kier alpha value is -2.37. The summed E-state index contributed by atoms with van der Waals surface area (Å²) < 4.78 is 5.35. The molecule has 0 saturated carbocycles. The Bertz CT molecular complexity index is 814. The summed E-state index contributed by atoms with van der Waals surface area (Å²) in [4.78, 5) is 14.8. The molecule has 25 heavy (non-hydrogen) atoms. The molecule has 1 amide bonds. The van der Waals surface area contributed by atoms with Gasteiger partial charge in [0, 0.05) is 10.6 Å². The highest BCUT2D eigenvalue weighted by Gasteiger charge is 2.34. The fraction of sp³-hybridized carbons (Fsp3) is 0.263. The Balaban J connectivity index is 1.66. The highest BCUT2D eigenvalue weighted by Crippen LogP contribution is 2.31. The van der Waals surface area contributed by atoms with Gasteiger partial charge in [-0.2, -0.15) is 5.10 Å². The van der Waals surface area contributed by atoms with Gasteiger partial charge in [-0.25, -0.2) is 0 Å². The number of morpholine rings is 1. The van der Waals surface area contributed by atoms with Crippen LogP contribution in [0.15, 0.2) is 53.6 Å². The fourth-order valence-corrected chi connectivity index (χ4v) is 3.21. The van der Waals surface area contributed by atoms with E-state index in [4.69, 9.17) is 16.3 Å². The molecule has 1 fully saturated rings. The normalized spacial score (nSPS) is 18.8. The van der Waals surface area contributed by atoms with Crippen LogP contribution < -0.4 is 4.90 Å². The summed E-state index contributed by atoms with van der Waals surface area (Å²) in [6, 6.07) is 15.4. The first kappa shape index (κ1) is 16.1. The van der Waals surface area contributed by atoms with Crippen molar-refractivity contribution in [2.24, 2.45) is 5.10 Å². The highest BCUT2D eigenvalue weighted by atomic mass is 35.5. The monoisotopic (exact) mass is 355 g/mol. The van der Waals surface area contributed by atoms with Crippen LogP contribution in [0, 0.1) is 0 Å². The van der Waals surface area contributed by atoms with E-state index in [0.29, 0.717) is 43.6 Å². The second-order valence-corrected chi connectivity index (χ2v) is 6.49. The Morgan fingerprint density at radius 3 is 2.52 bits per heavy atom. The van der Waals surface area contributed by atoms with Gasteiger partial charge in [0.15, 0.2) is 5.71 Å². The molecule has 6 heteroatoms. The maximum Gasteiger partial charge on any atom is 0.279 e. The molecule has 0 bridgehead atoms. The van der Waals surface area contributed by atoms with E-state index in [1.165, 1.54) is 0 Å². The summed E-state index contributed by atoms with van der Waals surface area (Å²) in [7, 11) is 0. The van der Waals surface area contributed by atoms with E-state index in [1.807, 2.05) is 53.5 Å². The molecule has 2 aromatic rings. The van der Waals surface area contributed by atoms with Crippen LogP contribution in [0.5, 0.6) is 0 Å². The Labute approximate surface area is 151 Å². The first-order valence-corrected chi connectivity index (χ1v) is 8.67. The number of fused-ring (bicyclic) bond motifs is 1. The molecular weight excluding hydrogens is 338 g/mol. The summed E-state index contributed by atoms with van der Waals surface area (Å²) in [6.07, 6.45) is 0. The average molecular weight is 356 g/mol. The van der Waals surface area contributed by atoms with Gasteiger partial charge in [-0.3, -0.25) is 9.80 Å². The number of carbonyl (C=O) groups is 1. The first-order chi connectivity index (χ1) is 12.2. The van der Waals surface area contributed by atoms with Gasteiger partial charge in [0.25, 0.3) is 5.91 Å². The largest absolute Gasteiger partial charge is 0.378 e. The van der Waals surface area contributed by atoms with Gasteiger partial charge in [-0.1, -0.05) is 41.9 Å². The third-order valence-corrected chi connectivity index (χ3v) is 4.63. The number of hydrazone groups is 1. The van der Waals surface area contributed by atoms with E-state index < -0.39 is 0 Å². The van der Waals surface area contributed by atoms with Crippen LogP contribution in [-0.4, -0.2) is 42.9 Å². The minimum atomic E-state index is -0.0670. The molecule has 128 valence electrons. The van der Waals surface area contributed by atoms with Crippen molar-refractivity contribution in [3.8, 4) is 0 Å². The summed E-state index contributed by atoms with van der Waals surface area (Å²) in [5.41, 5.74) is 3.31. The highest BCUT2D eigenvalue weighted by molar-refractivity contribution is 6.54. The summed E-state index contributed by atoms with van der Waals surface area (Å²) in [6.45, 7) is 3.18. The van der Waals surface area contributed by atoms with Gasteiger partial charge in [0.2, 0.25) is 0 Å². The van der Waals surface area contributed by atoms with E-state index in [2.05, 4.69) is 5.10 Å². The third-order valence-electron chi connectivity index (χ3n) is 4.38. The Morgan fingerprint density at radius 1 is 1.04 bits per heavy atom. The number of benzene rings is 2. The van der Waals surface area contributed by atoms with Crippen molar-refractivity contribution in [2.45, 2.75) is 6.54 Å². The molecule has 2 aliphatic rings. The molecule has 2 heterocycles. The van der Waals surface area contributed by atoms with Gasteiger partial charge in [0.1, 0.15) is 0 Å². The van der Waals surface area contributed by atoms with E-state index >= 15 is 0 Å². The lowest BCUT2D eigenvalue weighted by Crippen LogP contribution is -2.35. The molecule has 2 aromatic carbocycles. The smallest absolute Gasteiger partial charge is 0.279 e. The number of rotatable bonds is 3. The molecule has 0 N–H and O–H groups in total. The number of anilines is 1. The van der Waals surface area contributed by atoms with Crippen LogP contribution >= 0.6 is 11.6 Å². The molecule has 0 aromatic heterocycles. The number of nitrogens with zero attached hydrogens (tertiary/aromatic N) is 3. The van der Waals surface area contributed by atoms with E-state index in [1.54, 1.807) is 4.90 Å². The van der Waals surface area contributed by atoms with Gasteiger partial charge in [-0.05, 0) is 23.8 Å². The standard InChI is InChI=1S/C19H18ClN3O2/c20-15-7-5-14(6-8-15)13-23-17-4-2-1-3-16(17)18(19(23)24)21-22-9-11-25-12-10-22/h1-8H,9-13H2. The summed E-state index contributed by atoms with van der Waals surface area (Å²) in [5, 5.41) is 7.22. The second-order valence-electron chi connectivity index (χ2n) is 6.05. The maximum absolute atomic E-state index is 13.0.